The molecule has 4 rings (SSSR count). The molecule has 1 saturated carbocycles. The van der Waals surface area contributed by atoms with E-state index in [-0.39, 0.29) is 24.0 Å². The lowest BCUT2D eigenvalue weighted by molar-refractivity contribution is -0.140. The van der Waals surface area contributed by atoms with Gasteiger partial charge in [0.2, 0.25) is 0 Å². The molecule has 190 valence electrons. The van der Waals surface area contributed by atoms with E-state index in [0.717, 1.165) is 37.3 Å². The molecule has 1 fully saturated rings. The predicted octanol–water partition coefficient (Wildman–Crippen LogP) is 5.97. The van der Waals surface area contributed by atoms with Gasteiger partial charge in [-0.05, 0) is 73.4 Å². The number of carbonyl (C=O) groups is 2. The zero-order valence-electron chi connectivity index (χ0n) is 18.8. The van der Waals surface area contributed by atoms with Crippen LogP contribution in [0.4, 0.5) is 35.0 Å². The van der Waals surface area contributed by atoms with Gasteiger partial charge in [0.25, 0.3) is 0 Å². The van der Waals surface area contributed by atoms with E-state index < -0.39 is 35.3 Å². The molecular weight excluding hydrogens is 484 g/mol. The topological polar surface area (TPSA) is 117 Å². The number of aromatic nitrogens is 2. The molecule has 1 aliphatic carbocycles. The minimum atomic E-state index is -4.88. The largest absolute Gasteiger partial charge is 0.481 e. The van der Waals surface area contributed by atoms with Crippen molar-refractivity contribution in [3.63, 3.8) is 0 Å². The van der Waals surface area contributed by atoms with Crippen LogP contribution in [-0.2, 0) is 11.0 Å². The average Bonchev–Trinajstić information content (AvgIpc) is 3.29. The van der Waals surface area contributed by atoms with Crippen LogP contribution in [0.3, 0.4) is 0 Å². The normalized spacial score (nSPS) is 18.0. The van der Waals surface area contributed by atoms with Crippen molar-refractivity contribution >= 4 is 29.3 Å². The molecule has 1 aliphatic rings. The molecular formula is C24H22F4N4O4. The number of anilines is 3. The van der Waals surface area contributed by atoms with Crippen LogP contribution in [0.25, 0.3) is 0 Å². The van der Waals surface area contributed by atoms with Crippen molar-refractivity contribution in [3.05, 3.63) is 65.3 Å². The van der Waals surface area contributed by atoms with Gasteiger partial charge >= 0.3 is 30.0 Å². The van der Waals surface area contributed by atoms with E-state index in [2.05, 4.69) is 20.8 Å². The van der Waals surface area contributed by atoms with Gasteiger partial charge in [-0.3, -0.25) is 9.59 Å². The van der Waals surface area contributed by atoms with E-state index in [0.29, 0.717) is 23.7 Å². The molecule has 8 nitrogen and oxygen atoms in total. The molecule has 0 bridgehead atoms. The first-order valence-electron chi connectivity index (χ1n) is 11.2. The zero-order chi connectivity index (χ0) is 25.9. The lowest BCUT2D eigenvalue weighted by atomic mass is 9.77. The number of alkyl halides is 3. The van der Waals surface area contributed by atoms with Crippen molar-refractivity contribution in [3.8, 4) is 0 Å². The number of hydrogen-bond donors (Lipinski definition) is 3. The Labute approximate surface area is 202 Å². The Bertz CT molecular complexity index is 1240. The summed E-state index contributed by atoms with van der Waals surface area (Å²) in [5, 5.41) is 21.1. The minimum absolute atomic E-state index is 0.146. The van der Waals surface area contributed by atoms with Gasteiger partial charge < -0.3 is 20.2 Å². The van der Waals surface area contributed by atoms with Crippen LogP contribution in [0.1, 0.15) is 59.8 Å². The molecule has 3 N–H and O–H groups in total. The Kier molecular flexibility index (Phi) is 7.22. The van der Waals surface area contributed by atoms with Crippen molar-refractivity contribution in [1.29, 1.82) is 0 Å². The maximum Gasteiger partial charge on any atom is 0.419 e. The lowest BCUT2D eigenvalue weighted by Gasteiger charge is -2.28. The molecule has 0 spiro atoms. The van der Waals surface area contributed by atoms with Gasteiger partial charge in [0.15, 0.2) is 0 Å². The summed E-state index contributed by atoms with van der Waals surface area (Å²) in [6.07, 6.45) is -1.16. The van der Waals surface area contributed by atoms with Gasteiger partial charge in [-0.15, -0.1) is 5.10 Å². The second-order valence-corrected chi connectivity index (χ2v) is 8.62. The van der Waals surface area contributed by atoms with Crippen molar-refractivity contribution in [2.45, 2.75) is 44.2 Å². The maximum absolute atomic E-state index is 13.4. The van der Waals surface area contributed by atoms with Crippen molar-refractivity contribution < 1.29 is 36.7 Å². The molecule has 0 atom stereocenters. The van der Waals surface area contributed by atoms with E-state index in [1.807, 2.05) is 12.1 Å². The fraction of sp³-hybridized carbons (Fsp3) is 0.333. The first-order valence-corrected chi connectivity index (χ1v) is 11.2. The van der Waals surface area contributed by atoms with Gasteiger partial charge in [-0.25, -0.2) is 4.39 Å². The summed E-state index contributed by atoms with van der Waals surface area (Å²) < 4.78 is 57.2. The number of hydrogen-bond acceptors (Lipinski definition) is 6. The third kappa shape index (κ3) is 6.18. The molecule has 1 amide bonds. The quantitative estimate of drug-likeness (QED) is 0.338. The Morgan fingerprint density at radius 1 is 1.00 bits per heavy atom. The monoisotopic (exact) mass is 506 g/mol. The number of aliphatic carboxylic acids is 1. The molecule has 12 heteroatoms. The Balaban J connectivity index is 1.34. The highest BCUT2D eigenvalue weighted by molar-refractivity contribution is 6.00. The van der Waals surface area contributed by atoms with E-state index in [4.69, 9.17) is 9.52 Å². The van der Waals surface area contributed by atoms with Crippen molar-refractivity contribution in [2.75, 3.05) is 10.6 Å². The number of halogens is 4. The summed E-state index contributed by atoms with van der Waals surface area (Å²) in [6, 6.07) is 9.17. The average molecular weight is 506 g/mol. The van der Waals surface area contributed by atoms with Crippen molar-refractivity contribution in [2.24, 2.45) is 5.92 Å². The van der Waals surface area contributed by atoms with Gasteiger partial charge in [0, 0.05) is 17.8 Å². The SMILES string of the molecule is O=C(O)CC1CCC(c2ccc(NC(=O)c3nnc(Nc4ccc(F)c(C(F)(F)F)c4)o3)cc2)CC1. The third-order valence-electron chi connectivity index (χ3n) is 6.09. The third-order valence-corrected chi connectivity index (χ3v) is 6.09. The number of amides is 1. The molecule has 0 radical (unpaired) electrons. The Morgan fingerprint density at radius 2 is 1.67 bits per heavy atom. The molecule has 0 aliphatic heterocycles. The predicted molar refractivity (Wildman–Crippen MR) is 120 cm³/mol. The maximum atomic E-state index is 13.4. The summed E-state index contributed by atoms with van der Waals surface area (Å²) >= 11 is 0. The van der Waals surface area contributed by atoms with Crippen LogP contribution in [0.2, 0.25) is 0 Å². The minimum Gasteiger partial charge on any atom is -0.481 e. The number of benzene rings is 2. The highest BCUT2D eigenvalue weighted by atomic mass is 19.4. The van der Waals surface area contributed by atoms with Gasteiger partial charge in [-0.1, -0.05) is 17.2 Å². The number of carbonyl (C=O) groups excluding carboxylic acids is 1. The van der Waals surface area contributed by atoms with E-state index in [9.17, 15) is 27.2 Å². The molecule has 3 aromatic rings. The molecule has 1 heterocycles. The summed E-state index contributed by atoms with van der Waals surface area (Å²) in [6.45, 7) is 0. The second kappa shape index (κ2) is 10.3. The van der Waals surface area contributed by atoms with Crippen molar-refractivity contribution in [1.82, 2.24) is 10.2 Å². The van der Waals surface area contributed by atoms with Gasteiger partial charge in [-0.2, -0.15) is 13.2 Å². The van der Waals surface area contributed by atoms with E-state index in [1.54, 1.807) is 12.1 Å². The molecule has 0 saturated heterocycles. The van der Waals surface area contributed by atoms with Gasteiger partial charge in [0.05, 0.1) is 5.56 Å². The van der Waals surface area contributed by atoms with E-state index >= 15 is 0 Å². The summed E-state index contributed by atoms with van der Waals surface area (Å²) in [5.41, 5.74) is -0.0263. The molecule has 36 heavy (non-hydrogen) atoms. The fourth-order valence-electron chi connectivity index (χ4n) is 4.28. The molecule has 1 aromatic heterocycles. The first kappa shape index (κ1) is 25.1. The van der Waals surface area contributed by atoms with Gasteiger partial charge in [0.1, 0.15) is 5.82 Å². The van der Waals surface area contributed by atoms with Crippen LogP contribution in [-0.4, -0.2) is 27.2 Å². The van der Waals surface area contributed by atoms with Crippen LogP contribution >= 0.6 is 0 Å². The number of rotatable bonds is 7. The smallest absolute Gasteiger partial charge is 0.419 e. The molecule has 2 aromatic carbocycles. The Morgan fingerprint density at radius 3 is 2.31 bits per heavy atom. The second-order valence-electron chi connectivity index (χ2n) is 8.62. The number of nitrogens with zero attached hydrogens (tertiary/aromatic N) is 2. The lowest BCUT2D eigenvalue weighted by Crippen LogP contribution is -2.16. The van der Waals surface area contributed by atoms with Crippen LogP contribution in [0.15, 0.2) is 46.9 Å². The Hall–Kier alpha value is -3.96. The molecule has 0 unspecified atom stereocenters. The first-order chi connectivity index (χ1) is 17.1. The highest BCUT2D eigenvalue weighted by Gasteiger charge is 2.34. The van der Waals surface area contributed by atoms with Crippen LogP contribution in [0, 0.1) is 11.7 Å². The van der Waals surface area contributed by atoms with Crippen LogP contribution in [0.5, 0.6) is 0 Å². The summed E-state index contributed by atoms with van der Waals surface area (Å²) in [4.78, 5) is 23.3. The summed E-state index contributed by atoms with van der Waals surface area (Å²) in [5.74, 6) is -2.79. The highest BCUT2D eigenvalue weighted by Crippen LogP contribution is 2.37. The van der Waals surface area contributed by atoms with Crippen LogP contribution < -0.4 is 10.6 Å². The standard InChI is InChI=1S/C24H22F4N4O4/c25-19-10-9-17(12-18(19)24(26,27)28)30-23-32-31-22(36-23)21(35)29-16-7-5-15(6-8-16)14-3-1-13(2-4-14)11-20(33)34/h5-10,12-14H,1-4,11H2,(H,29,35)(H,30,32)(H,33,34). The number of nitrogens with one attached hydrogen (secondary N) is 2. The summed E-state index contributed by atoms with van der Waals surface area (Å²) in [7, 11) is 0. The zero-order valence-corrected chi connectivity index (χ0v) is 18.8. The van der Waals surface area contributed by atoms with E-state index in [1.165, 1.54) is 0 Å². The number of carboxylic acids is 1. The fourth-order valence-corrected chi connectivity index (χ4v) is 4.28. The number of carboxylic acid groups (broad SMARTS) is 1.